The van der Waals surface area contributed by atoms with E-state index in [1.54, 1.807) is 6.07 Å². The number of hydrogen-bond donors (Lipinski definition) is 2. The lowest BCUT2D eigenvalue weighted by Crippen LogP contribution is -2.25. The number of nitrogens with two attached hydrogens (primary N) is 1. The van der Waals surface area contributed by atoms with Gasteiger partial charge in [-0.05, 0) is 36.6 Å². The summed E-state index contributed by atoms with van der Waals surface area (Å²) in [5, 5.41) is 2.98. The summed E-state index contributed by atoms with van der Waals surface area (Å²) in [5.41, 5.74) is 8.37. The van der Waals surface area contributed by atoms with Gasteiger partial charge in [0, 0.05) is 23.7 Å². The Balaban J connectivity index is 1.69. The van der Waals surface area contributed by atoms with Gasteiger partial charge in [-0.15, -0.1) is 0 Å². The fourth-order valence-electron chi connectivity index (χ4n) is 2.25. The molecule has 1 saturated carbocycles. The maximum atomic E-state index is 12.1. The maximum absolute atomic E-state index is 12.1. The fourth-order valence-corrected chi connectivity index (χ4v) is 2.25. The van der Waals surface area contributed by atoms with Crippen LogP contribution in [-0.4, -0.2) is 11.9 Å². The van der Waals surface area contributed by atoms with Crippen LogP contribution in [0.15, 0.2) is 48.5 Å². The molecule has 1 fully saturated rings. The van der Waals surface area contributed by atoms with Crippen LogP contribution in [0.1, 0.15) is 34.3 Å². The second kappa shape index (κ2) is 6.62. The molecule has 114 valence electrons. The number of hydrogen-bond acceptors (Lipinski definition) is 3. The highest BCUT2D eigenvalue weighted by Crippen LogP contribution is 2.23. The number of benzene rings is 2. The standard InChI is InChI=1S/C18H20N2O2/c19-11-15-10-14(18(21)20-16-7-8-16)6-9-17(15)22-12-13-4-2-1-3-5-13/h1-6,9-10,16H,7-8,11-12,19H2,(H,20,21). The molecule has 0 radical (unpaired) electrons. The molecule has 0 aromatic heterocycles. The van der Waals surface area contributed by atoms with E-state index < -0.39 is 0 Å². The van der Waals surface area contributed by atoms with E-state index in [0.29, 0.717) is 24.8 Å². The fraction of sp³-hybridized carbons (Fsp3) is 0.278. The van der Waals surface area contributed by atoms with Crippen LogP contribution in [-0.2, 0) is 13.2 Å². The van der Waals surface area contributed by atoms with Gasteiger partial charge >= 0.3 is 0 Å². The van der Waals surface area contributed by atoms with E-state index in [1.807, 2.05) is 42.5 Å². The Morgan fingerprint density at radius 1 is 1.18 bits per heavy atom. The van der Waals surface area contributed by atoms with Gasteiger partial charge in [0.05, 0.1) is 0 Å². The zero-order chi connectivity index (χ0) is 15.4. The Hall–Kier alpha value is -2.33. The number of rotatable bonds is 6. The zero-order valence-corrected chi connectivity index (χ0v) is 12.4. The van der Waals surface area contributed by atoms with Gasteiger partial charge in [0.15, 0.2) is 0 Å². The van der Waals surface area contributed by atoms with Crippen LogP contribution in [0.4, 0.5) is 0 Å². The predicted octanol–water partition coefficient (Wildman–Crippen LogP) is 2.62. The molecular weight excluding hydrogens is 276 g/mol. The molecular formula is C18H20N2O2. The second-order valence-electron chi connectivity index (χ2n) is 5.55. The first kappa shape index (κ1) is 14.6. The molecule has 0 saturated heterocycles. The van der Waals surface area contributed by atoms with E-state index in [4.69, 9.17) is 10.5 Å². The molecule has 1 aliphatic rings. The lowest BCUT2D eigenvalue weighted by Gasteiger charge is -2.12. The van der Waals surface area contributed by atoms with Crippen molar-refractivity contribution < 1.29 is 9.53 Å². The molecule has 0 aliphatic heterocycles. The lowest BCUT2D eigenvalue weighted by molar-refractivity contribution is 0.0951. The van der Waals surface area contributed by atoms with Gasteiger partial charge in [0.2, 0.25) is 0 Å². The molecule has 0 unspecified atom stereocenters. The number of ether oxygens (including phenoxy) is 1. The second-order valence-corrected chi connectivity index (χ2v) is 5.55. The summed E-state index contributed by atoms with van der Waals surface area (Å²) in [7, 11) is 0. The smallest absolute Gasteiger partial charge is 0.251 e. The first-order valence-corrected chi connectivity index (χ1v) is 7.57. The molecule has 0 spiro atoms. The van der Waals surface area contributed by atoms with Crippen molar-refractivity contribution in [3.8, 4) is 5.75 Å². The molecule has 0 heterocycles. The van der Waals surface area contributed by atoms with Gasteiger partial charge in [-0.2, -0.15) is 0 Å². The summed E-state index contributed by atoms with van der Waals surface area (Å²) in [5.74, 6) is 0.695. The van der Waals surface area contributed by atoms with Gasteiger partial charge in [-0.3, -0.25) is 4.79 Å². The SMILES string of the molecule is NCc1cc(C(=O)NC2CC2)ccc1OCc1ccccc1. The summed E-state index contributed by atoms with van der Waals surface area (Å²) in [6.07, 6.45) is 2.15. The highest BCUT2D eigenvalue weighted by molar-refractivity contribution is 5.95. The molecule has 1 amide bonds. The first-order valence-electron chi connectivity index (χ1n) is 7.57. The highest BCUT2D eigenvalue weighted by atomic mass is 16.5. The summed E-state index contributed by atoms with van der Waals surface area (Å²) in [4.78, 5) is 12.1. The van der Waals surface area contributed by atoms with Crippen molar-refractivity contribution in [2.45, 2.75) is 32.0 Å². The molecule has 4 heteroatoms. The molecule has 22 heavy (non-hydrogen) atoms. The molecule has 3 rings (SSSR count). The zero-order valence-electron chi connectivity index (χ0n) is 12.4. The monoisotopic (exact) mass is 296 g/mol. The maximum Gasteiger partial charge on any atom is 0.251 e. The van der Waals surface area contributed by atoms with Crippen LogP contribution in [0.2, 0.25) is 0 Å². The van der Waals surface area contributed by atoms with Crippen LogP contribution < -0.4 is 15.8 Å². The minimum absolute atomic E-state index is 0.0354. The minimum atomic E-state index is -0.0354. The van der Waals surface area contributed by atoms with Crippen molar-refractivity contribution in [3.05, 3.63) is 65.2 Å². The van der Waals surface area contributed by atoms with Gasteiger partial charge < -0.3 is 15.8 Å². The Kier molecular flexibility index (Phi) is 4.39. The Labute approximate surface area is 130 Å². The lowest BCUT2D eigenvalue weighted by atomic mass is 10.1. The van der Waals surface area contributed by atoms with Crippen LogP contribution >= 0.6 is 0 Å². The summed E-state index contributed by atoms with van der Waals surface area (Å²) >= 11 is 0. The summed E-state index contributed by atoms with van der Waals surface area (Å²) < 4.78 is 5.83. The number of nitrogens with one attached hydrogen (secondary N) is 1. The topological polar surface area (TPSA) is 64.4 Å². The normalized spacial score (nSPS) is 13.7. The molecule has 3 N–H and O–H groups in total. The predicted molar refractivity (Wildman–Crippen MR) is 85.6 cm³/mol. The van der Waals surface area contributed by atoms with Gasteiger partial charge in [-0.25, -0.2) is 0 Å². The number of carbonyl (C=O) groups excluding carboxylic acids is 1. The third-order valence-corrected chi connectivity index (χ3v) is 3.69. The largest absolute Gasteiger partial charge is 0.489 e. The van der Waals surface area contributed by atoms with E-state index in [9.17, 15) is 4.79 Å². The third-order valence-electron chi connectivity index (χ3n) is 3.69. The summed E-state index contributed by atoms with van der Waals surface area (Å²) in [6.45, 7) is 0.829. The first-order chi connectivity index (χ1) is 10.8. The van der Waals surface area contributed by atoms with E-state index in [0.717, 1.165) is 29.7 Å². The van der Waals surface area contributed by atoms with Crippen molar-refractivity contribution in [1.29, 1.82) is 0 Å². The number of carbonyl (C=O) groups is 1. The van der Waals surface area contributed by atoms with Gasteiger partial charge in [0.25, 0.3) is 5.91 Å². The Bertz CT molecular complexity index is 651. The number of amides is 1. The van der Waals surface area contributed by atoms with Crippen molar-refractivity contribution in [3.63, 3.8) is 0 Å². The molecule has 1 aliphatic carbocycles. The molecule has 4 nitrogen and oxygen atoms in total. The van der Waals surface area contributed by atoms with Crippen molar-refractivity contribution in [2.24, 2.45) is 5.73 Å². The van der Waals surface area contributed by atoms with E-state index >= 15 is 0 Å². The highest BCUT2D eigenvalue weighted by Gasteiger charge is 2.24. The van der Waals surface area contributed by atoms with Gasteiger partial charge in [-0.1, -0.05) is 30.3 Å². The average Bonchev–Trinajstić information content (AvgIpc) is 3.37. The average molecular weight is 296 g/mol. The van der Waals surface area contributed by atoms with Crippen molar-refractivity contribution in [2.75, 3.05) is 0 Å². The van der Waals surface area contributed by atoms with Crippen molar-refractivity contribution >= 4 is 5.91 Å². The van der Waals surface area contributed by atoms with E-state index in [2.05, 4.69) is 5.32 Å². The van der Waals surface area contributed by atoms with Crippen LogP contribution in [0, 0.1) is 0 Å². The molecule has 0 atom stereocenters. The van der Waals surface area contributed by atoms with E-state index in [1.165, 1.54) is 0 Å². The minimum Gasteiger partial charge on any atom is -0.489 e. The van der Waals surface area contributed by atoms with Crippen LogP contribution in [0.3, 0.4) is 0 Å². The molecule has 2 aromatic carbocycles. The Morgan fingerprint density at radius 2 is 1.95 bits per heavy atom. The van der Waals surface area contributed by atoms with Gasteiger partial charge in [0.1, 0.15) is 12.4 Å². The molecule has 2 aromatic rings. The quantitative estimate of drug-likeness (QED) is 0.861. The Morgan fingerprint density at radius 3 is 2.64 bits per heavy atom. The van der Waals surface area contributed by atoms with Crippen LogP contribution in [0.25, 0.3) is 0 Å². The summed E-state index contributed by atoms with van der Waals surface area (Å²) in [6, 6.07) is 15.7. The van der Waals surface area contributed by atoms with Crippen LogP contribution in [0.5, 0.6) is 5.75 Å². The molecule has 0 bridgehead atoms. The van der Waals surface area contributed by atoms with E-state index in [-0.39, 0.29) is 5.91 Å². The third kappa shape index (κ3) is 3.65. The van der Waals surface area contributed by atoms with Crippen molar-refractivity contribution in [1.82, 2.24) is 5.32 Å².